The summed E-state index contributed by atoms with van der Waals surface area (Å²) in [6.45, 7) is 0. The standard InChI is InChI=1S/C12H13N3/c1-15(2)12-8-11(13-9-14-12)10-6-4-3-5-7-10/h3-9H,1-2H3. The largest absolute Gasteiger partial charge is 0.363 e. The molecule has 0 fully saturated rings. The minimum Gasteiger partial charge on any atom is -0.363 e. The van der Waals surface area contributed by atoms with Crippen molar-refractivity contribution in [1.29, 1.82) is 0 Å². The van der Waals surface area contributed by atoms with E-state index in [-0.39, 0.29) is 0 Å². The first-order valence-corrected chi connectivity index (χ1v) is 4.82. The van der Waals surface area contributed by atoms with Crippen molar-refractivity contribution in [3.05, 3.63) is 42.7 Å². The number of hydrogen-bond donors (Lipinski definition) is 0. The Balaban J connectivity index is 2.42. The minimum absolute atomic E-state index is 0.920. The van der Waals surface area contributed by atoms with Crippen LogP contribution in [0.15, 0.2) is 42.7 Å². The van der Waals surface area contributed by atoms with Crippen LogP contribution in [0.25, 0.3) is 11.3 Å². The molecule has 2 aromatic rings. The highest BCUT2D eigenvalue weighted by atomic mass is 15.1. The zero-order valence-electron chi connectivity index (χ0n) is 8.88. The van der Waals surface area contributed by atoms with Gasteiger partial charge in [0.25, 0.3) is 0 Å². The Labute approximate surface area is 89.4 Å². The number of hydrogen-bond acceptors (Lipinski definition) is 3. The maximum absolute atomic E-state index is 4.25. The molecule has 15 heavy (non-hydrogen) atoms. The molecule has 0 spiro atoms. The van der Waals surface area contributed by atoms with Crippen LogP contribution in [-0.2, 0) is 0 Å². The first-order chi connectivity index (χ1) is 7.27. The second kappa shape index (κ2) is 4.09. The van der Waals surface area contributed by atoms with Crippen LogP contribution in [0.2, 0.25) is 0 Å². The fourth-order valence-corrected chi connectivity index (χ4v) is 1.36. The van der Waals surface area contributed by atoms with Gasteiger partial charge in [-0.25, -0.2) is 9.97 Å². The maximum atomic E-state index is 4.25. The van der Waals surface area contributed by atoms with E-state index in [4.69, 9.17) is 0 Å². The van der Waals surface area contributed by atoms with E-state index >= 15 is 0 Å². The summed E-state index contributed by atoms with van der Waals surface area (Å²) < 4.78 is 0. The summed E-state index contributed by atoms with van der Waals surface area (Å²) >= 11 is 0. The highest BCUT2D eigenvalue weighted by Crippen LogP contribution is 2.18. The van der Waals surface area contributed by atoms with Gasteiger partial charge in [-0.15, -0.1) is 0 Å². The molecule has 76 valence electrons. The van der Waals surface area contributed by atoms with Gasteiger partial charge < -0.3 is 4.90 Å². The van der Waals surface area contributed by atoms with Crippen molar-refractivity contribution in [1.82, 2.24) is 9.97 Å². The summed E-state index contributed by atoms with van der Waals surface area (Å²) in [5.41, 5.74) is 2.07. The van der Waals surface area contributed by atoms with E-state index in [1.165, 1.54) is 0 Å². The molecular weight excluding hydrogens is 186 g/mol. The van der Waals surface area contributed by atoms with Crippen LogP contribution < -0.4 is 4.90 Å². The van der Waals surface area contributed by atoms with Crippen LogP contribution in [0.1, 0.15) is 0 Å². The molecule has 0 unspecified atom stereocenters. The third kappa shape index (κ3) is 2.13. The lowest BCUT2D eigenvalue weighted by Gasteiger charge is -2.11. The molecule has 0 saturated carbocycles. The molecule has 0 amide bonds. The van der Waals surface area contributed by atoms with Crippen molar-refractivity contribution in [2.24, 2.45) is 0 Å². The fourth-order valence-electron chi connectivity index (χ4n) is 1.36. The summed E-state index contributed by atoms with van der Waals surface area (Å²) in [4.78, 5) is 10.4. The quantitative estimate of drug-likeness (QED) is 0.742. The van der Waals surface area contributed by atoms with Gasteiger partial charge in [0.1, 0.15) is 12.1 Å². The topological polar surface area (TPSA) is 29.0 Å². The van der Waals surface area contributed by atoms with Crippen LogP contribution in [0.5, 0.6) is 0 Å². The molecule has 3 heteroatoms. The summed E-state index contributed by atoms with van der Waals surface area (Å²) in [5.74, 6) is 0.920. The highest BCUT2D eigenvalue weighted by molar-refractivity contribution is 5.62. The van der Waals surface area contributed by atoms with E-state index in [1.807, 2.05) is 55.4 Å². The Bertz CT molecular complexity index is 438. The number of aromatic nitrogens is 2. The predicted octanol–water partition coefficient (Wildman–Crippen LogP) is 2.21. The molecule has 3 nitrogen and oxygen atoms in total. The molecule has 0 aliphatic heterocycles. The average molecular weight is 199 g/mol. The van der Waals surface area contributed by atoms with E-state index in [2.05, 4.69) is 9.97 Å². The second-order valence-corrected chi connectivity index (χ2v) is 3.52. The number of anilines is 1. The van der Waals surface area contributed by atoms with Gasteiger partial charge in [0.05, 0.1) is 5.69 Å². The lowest BCUT2D eigenvalue weighted by Crippen LogP contribution is -2.10. The van der Waals surface area contributed by atoms with E-state index in [9.17, 15) is 0 Å². The van der Waals surface area contributed by atoms with Gasteiger partial charge in [0, 0.05) is 25.7 Å². The Morgan fingerprint density at radius 1 is 1.00 bits per heavy atom. The van der Waals surface area contributed by atoms with E-state index in [0.717, 1.165) is 17.1 Å². The Morgan fingerprint density at radius 3 is 2.40 bits per heavy atom. The summed E-state index contributed by atoms with van der Waals surface area (Å²) in [6, 6.07) is 12.1. The molecular formula is C12H13N3. The van der Waals surface area contributed by atoms with Gasteiger partial charge in [-0.3, -0.25) is 0 Å². The van der Waals surface area contributed by atoms with Crippen molar-refractivity contribution in [2.75, 3.05) is 19.0 Å². The van der Waals surface area contributed by atoms with E-state index < -0.39 is 0 Å². The smallest absolute Gasteiger partial charge is 0.132 e. The van der Waals surface area contributed by atoms with Gasteiger partial charge in [-0.1, -0.05) is 30.3 Å². The lowest BCUT2D eigenvalue weighted by atomic mass is 10.1. The summed E-state index contributed by atoms with van der Waals surface area (Å²) in [6.07, 6.45) is 1.59. The predicted molar refractivity (Wildman–Crippen MR) is 61.8 cm³/mol. The second-order valence-electron chi connectivity index (χ2n) is 3.52. The molecule has 0 atom stereocenters. The zero-order chi connectivity index (χ0) is 10.7. The van der Waals surface area contributed by atoms with Gasteiger partial charge in [-0.05, 0) is 0 Å². The van der Waals surface area contributed by atoms with Crippen molar-refractivity contribution in [3.8, 4) is 11.3 Å². The average Bonchev–Trinajstić information content (AvgIpc) is 2.30. The number of rotatable bonds is 2. The Hall–Kier alpha value is -1.90. The first-order valence-electron chi connectivity index (χ1n) is 4.82. The molecule has 1 aromatic heterocycles. The number of benzene rings is 1. The van der Waals surface area contributed by atoms with Crippen molar-refractivity contribution in [2.45, 2.75) is 0 Å². The molecule has 2 rings (SSSR count). The van der Waals surface area contributed by atoms with E-state index in [1.54, 1.807) is 6.33 Å². The van der Waals surface area contributed by atoms with Crippen molar-refractivity contribution in [3.63, 3.8) is 0 Å². The molecule has 0 radical (unpaired) electrons. The normalized spacial score (nSPS) is 10.0. The van der Waals surface area contributed by atoms with Crippen LogP contribution in [0, 0.1) is 0 Å². The van der Waals surface area contributed by atoms with Gasteiger partial charge in [0.2, 0.25) is 0 Å². The molecule has 0 N–H and O–H groups in total. The maximum Gasteiger partial charge on any atom is 0.132 e. The molecule has 1 aromatic carbocycles. The fraction of sp³-hybridized carbons (Fsp3) is 0.167. The molecule has 1 heterocycles. The summed E-state index contributed by atoms with van der Waals surface area (Å²) in [7, 11) is 3.94. The Morgan fingerprint density at radius 2 is 1.73 bits per heavy atom. The molecule has 0 aliphatic carbocycles. The van der Waals surface area contributed by atoms with Crippen LogP contribution >= 0.6 is 0 Å². The van der Waals surface area contributed by atoms with Crippen LogP contribution in [0.3, 0.4) is 0 Å². The van der Waals surface area contributed by atoms with Crippen molar-refractivity contribution >= 4 is 5.82 Å². The highest BCUT2D eigenvalue weighted by Gasteiger charge is 2.01. The first kappa shape index (κ1) is 9.65. The molecule has 0 bridgehead atoms. The van der Waals surface area contributed by atoms with E-state index in [0.29, 0.717) is 0 Å². The molecule has 0 aliphatic rings. The Kier molecular flexibility index (Phi) is 2.63. The van der Waals surface area contributed by atoms with Crippen LogP contribution in [0.4, 0.5) is 5.82 Å². The van der Waals surface area contributed by atoms with Gasteiger partial charge >= 0.3 is 0 Å². The van der Waals surface area contributed by atoms with Gasteiger partial charge in [-0.2, -0.15) is 0 Å². The summed E-state index contributed by atoms with van der Waals surface area (Å²) in [5, 5.41) is 0. The monoisotopic (exact) mass is 199 g/mol. The van der Waals surface area contributed by atoms with Crippen LogP contribution in [-0.4, -0.2) is 24.1 Å². The SMILES string of the molecule is CN(C)c1cc(-c2ccccc2)ncn1. The van der Waals surface area contributed by atoms with Gasteiger partial charge in [0.15, 0.2) is 0 Å². The lowest BCUT2D eigenvalue weighted by molar-refractivity contribution is 1.04. The number of nitrogens with zero attached hydrogens (tertiary/aromatic N) is 3. The third-order valence-electron chi connectivity index (χ3n) is 2.18. The third-order valence-corrected chi connectivity index (χ3v) is 2.18. The molecule has 0 saturated heterocycles. The minimum atomic E-state index is 0.920. The zero-order valence-corrected chi connectivity index (χ0v) is 8.88. The van der Waals surface area contributed by atoms with Crippen molar-refractivity contribution < 1.29 is 0 Å².